The minimum absolute atomic E-state index is 0.0845. The molecule has 0 fully saturated rings. The molecule has 0 heterocycles. The minimum atomic E-state index is -3.17. The van der Waals surface area contributed by atoms with Crippen LogP contribution in [0.4, 0.5) is 0 Å². The highest BCUT2D eigenvalue weighted by Gasteiger charge is 2.07. The van der Waals surface area contributed by atoms with Crippen LogP contribution in [0, 0.1) is 0 Å². The van der Waals surface area contributed by atoms with Crippen LogP contribution in [0.15, 0.2) is 58.4 Å². The molecule has 0 atom stereocenters. The molecule has 7 nitrogen and oxygen atoms in total. The summed E-state index contributed by atoms with van der Waals surface area (Å²) in [5, 5.41) is 9.25. The summed E-state index contributed by atoms with van der Waals surface area (Å²) in [5.41, 5.74) is 2.65. The van der Waals surface area contributed by atoms with Crippen LogP contribution in [0.25, 0.3) is 0 Å². The Labute approximate surface area is 172 Å². The number of carbonyl (C=O) groups excluding carboxylic acids is 1. The minimum Gasteiger partial charge on any atom is -0.356 e. The van der Waals surface area contributed by atoms with Gasteiger partial charge in [-0.1, -0.05) is 24.3 Å². The molecule has 8 heteroatoms. The largest absolute Gasteiger partial charge is 0.356 e. The fraction of sp³-hybridized carbons (Fsp3) is 0.333. The lowest BCUT2D eigenvalue weighted by atomic mass is 10.1. The van der Waals surface area contributed by atoms with Crippen LogP contribution in [0.1, 0.15) is 28.4 Å². The van der Waals surface area contributed by atoms with Crippen molar-refractivity contribution in [3.05, 3.63) is 65.2 Å². The second kappa shape index (κ2) is 10.6. The molecule has 2 aromatic rings. The Hall–Kier alpha value is -2.87. The number of amides is 1. The van der Waals surface area contributed by atoms with Gasteiger partial charge in [-0.2, -0.15) is 0 Å². The van der Waals surface area contributed by atoms with Crippen molar-refractivity contribution in [2.75, 3.05) is 26.4 Å². The number of benzene rings is 2. The lowest BCUT2D eigenvalue weighted by Crippen LogP contribution is -2.37. The Morgan fingerprint density at radius 1 is 1.00 bits per heavy atom. The first kappa shape index (κ1) is 22.4. The van der Waals surface area contributed by atoms with Crippen molar-refractivity contribution in [1.29, 1.82) is 0 Å². The maximum absolute atomic E-state index is 11.9. The van der Waals surface area contributed by atoms with Gasteiger partial charge in [0.1, 0.15) is 0 Å². The van der Waals surface area contributed by atoms with Crippen LogP contribution < -0.4 is 16.0 Å². The second-order valence-corrected chi connectivity index (χ2v) is 8.59. The molecule has 3 N–H and O–H groups in total. The molecule has 0 spiro atoms. The van der Waals surface area contributed by atoms with E-state index in [-0.39, 0.29) is 5.91 Å². The SMILES string of the molecule is CCNC(=O)c1cccc(CNC(=NC)NCCc2ccc(S(C)(=O)=O)cc2)c1. The molecule has 0 aliphatic rings. The number of nitrogens with zero attached hydrogens (tertiary/aromatic N) is 1. The van der Waals surface area contributed by atoms with Gasteiger partial charge < -0.3 is 16.0 Å². The molecule has 0 unspecified atom stereocenters. The molecule has 0 radical (unpaired) electrons. The number of nitrogens with one attached hydrogen (secondary N) is 3. The molecule has 0 saturated carbocycles. The van der Waals surface area contributed by atoms with E-state index in [1.807, 2.05) is 37.3 Å². The van der Waals surface area contributed by atoms with Gasteiger partial charge in [0, 0.05) is 38.5 Å². The average Bonchev–Trinajstić information content (AvgIpc) is 2.70. The molecular weight excluding hydrogens is 388 g/mol. The van der Waals surface area contributed by atoms with Crippen LogP contribution in [-0.2, 0) is 22.8 Å². The number of guanidine groups is 1. The predicted molar refractivity (Wildman–Crippen MR) is 116 cm³/mol. The summed E-state index contributed by atoms with van der Waals surface area (Å²) in [4.78, 5) is 16.5. The first-order valence-corrected chi connectivity index (χ1v) is 11.3. The van der Waals surface area contributed by atoms with Crippen molar-refractivity contribution in [3.8, 4) is 0 Å². The Balaban J connectivity index is 1.84. The van der Waals surface area contributed by atoms with E-state index in [0.29, 0.717) is 36.1 Å². The highest BCUT2D eigenvalue weighted by atomic mass is 32.2. The van der Waals surface area contributed by atoms with Crippen molar-refractivity contribution in [2.24, 2.45) is 4.99 Å². The van der Waals surface area contributed by atoms with E-state index in [4.69, 9.17) is 0 Å². The van der Waals surface area contributed by atoms with Gasteiger partial charge in [0.15, 0.2) is 15.8 Å². The van der Waals surface area contributed by atoms with E-state index in [9.17, 15) is 13.2 Å². The summed E-state index contributed by atoms with van der Waals surface area (Å²) < 4.78 is 23.0. The molecule has 0 aliphatic heterocycles. The van der Waals surface area contributed by atoms with Gasteiger partial charge in [-0.3, -0.25) is 9.79 Å². The quantitative estimate of drug-likeness (QED) is 0.450. The Morgan fingerprint density at radius 2 is 1.72 bits per heavy atom. The summed E-state index contributed by atoms with van der Waals surface area (Å²) in [6.07, 6.45) is 1.93. The normalized spacial score (nSPS) is 11.8. The van der Waals surface area contributed by atoms with E-state index < -0.39 is 9.84 Å². The Bertz CT molecular complexity index is 954. The number of carbonyl (C=O) groups is 1. The zero-order valence-corrected chi connectivity index (χ0v) is 17.8. The summed E-state index contributed by atoms with van der Waals surface area (Å²) in [6, 6.07) is 14.3. The fourth-order valence-corrected chi connectivity index (χ4v) is 3.35. The number of aliphatic imine (C=N–C) groups is 1. The van der Waals surface area contributed by atoms with E-state index >= 15 is 0 Å². The zero-order chi connectivity index (χ0) is 21.3. The summed E-state index contributed by atoms with van der Waals surface area (Å²) in [6.45, 7) is 3.67. The van der Waals surface area contributed by atoms with Crippen molar-refractivity contribution in [2.45, 2.75) is 24.8 Å². The number of hydrogen-bond donors (Lipinski definition) is 3. The number of sulfone groups is 1. The highest BCUT2D eigenvalue weighted by molar-refractivity contribution is 7.90. The van der Waals surface area contributed by atoms with Crippen LogP contribution in [0.2, 0.25) is 0 Å². The van der Waals surface area contributed by atoms with E-state index in [0.717, 1.165) is 17.5 Å². The predicted octanol–water partition coefficient (Wildman–Crippen LogP) is 1.75. The average molecular weight is 417 g/mol. The van der Waals surface area contributed by atoms with E-state index in [1.165, 1.54) is 6.26 Å². The second-order valence-electron chi connectivity index (χ2n) is 6.58. The van der Waals surface area contributed by atoms with Crippen molar-refractivity contribution in [1.82, 2.24) is 16.0 Å². The molecular formula is C21H28N4O3S. The van der Waals surface area contributed by atoms with Crippen molar-refractivity contribution < 1.29 is 13.2 Å². The standard InChI is InChI=1S/C21H28N4O3S/c1-4-23-20(26)18-7-5-6-17(14-18)15-25-21(22-2)24-13-12-16-8-10-19(11-9-16)29(3,27)28/h5-11,14H,4,12-13,15H2,1-3H3,(H,23,26)(H2,22,24,25). The number of rotatable bonds is 8. The highest BCUT2D eigenvalue weighted by Crippen LogP contribution is 2.10. The maximum atomic E-state index is 11.9. The van der Waals surface area contributed by atoms with Gasteiger partial charge in [-0.25, -0.2) is 8.42 Å². The molecule has 29 heavy (non-hydrogen) atoms. The smallest absolute Gasteiger partial charge is 0.251 e. The Kier molecular flexibility index (Phi) is 8.21. The zero-order valence-electron chi connectivity index (χ0n) is 17.0. The summed E-state index contributed by atoms with van der Waals surface area (Å²) >= 11 is 0. The third kappa shape index (κ3) is 7.23. The first-order valence-electron chi connectivity index (χ1n) is 9.44. The van der Waals surface area contributed by atoms with E-state index in [2.05, 4.69) is 20.9 Å². The van der Waals surface area contributed by atoms with Gasteiger partial charge >= 0.3 is 0 Å². The molecule has 2 rings (SSSR count). The summed E-state index contributed by atoms with van der Waals surface area (Å²) in [7, 11) is -1.48. The Morgan fingerprint density at radius 3 is 2.34 bits per heavy atom. The third-order valence-electron chi connectivity index (χ3n) is 4.27. The molecule has 156 valence electrons. The maximum Gasteiger partial charge on any atom is 0.251 e. The lowest BCUT2D eigenvalue weighted by Gasteiger charge is -2.13. The number of hydrogen-bond acceptors (Lipinski definition) is 4. The monoisotopic (exact) mass is 416 g/mol. The van der Waals surface area contributed by atoms with Gasteiger partial charge in [0.05, 0.1) is 4.90 Å². The van der Waals surface area contributed by atoms with Crippen LogP contribution in [0.5, 0.6) is 0 Å². The molecule has 0 aromatic heterocycles. The lowest BCUT2D eigenvalue weighted by molar-refractivity contribution is 0.0955. The fourth-order valence-electron chi connectivity index (χ4n) is 2.72. The molecule has 0 saturated heterocycles. The van der Waals surface area contributed by atoms with Gasteiger partial charge in [0.25, 0.3) is 5.91 Å². The molecule has 2 aromatic carbocycles. The van der Waals surface area contributed by atoms with Crippen LogP contribution in [0.3, 0.4) is 0 Å². The topological polar surface area (TPSA) is 99.7 Å². The van der Waals surface area contributed by atoms with Gasteiger partial charge in [-0.05, 0) is 48.7 Å². The van der Waals surface area contributed by atoms with Crippen molar-refractivity contribution >= 4 is 21.7 Å². The summed E-state index contributed by atoms with van der Waals surface area (Å²) in [5.74, 6) is 0.569. The first-order chi connectivity index (χ1) is 13.8. The molecule has 1 amide bonds. The molecule has 0 aliphatic carbocycles. The third-order valence-corrected chi connectivity index (χ3v) is 5.40. The van der Waals surface area contributed by atoms with Gasteiger partial charge in [0.2, 0.25) is 0 Å². The molecule has 0 bridgehead atoms. The van der Waals surface area contributed by atoms with Crippen LogP contribution >= 0.6 is 0 Å². The van der Waals surface area contributed by atoms with Crippen LogP contribution in [-0.4, -0.2) is 46.7 Å². The van der Waals surface area contributed by atoms with Gasteiger partial charge in [-0.15, -0.1) is 0 Å². The van der Waals surface area contributed by atoms with Crippen molar-refractivity contribution in [3.63, 3.8) is 0 Å². The van der Waals surface area contributed by atoms with E-state index in [1.54, 1.807) is 25.2 Å².